The molecule has 122 valence electrons. The summed E-state index contributed by atoms with van der Waals surface area (Å²) in [7, 11) is 0. The topological polar surface area (TPSA) is 52.0 Å². The lowest BCUT2D eigenvalue weighted by atomic mass is 9.77. The first-order valence-corrected chi connectivity index (χ1v) is 8.13. The van der Waals surface area contributed by atoms with Gasteiger partial charge in [-0.05, 0) is 67.5 Å². The highest BCUT2D eigenvalue weighted by atomic mass is 14.5. The molecule has 0 spiro atoms. The second kappa shape index (κ2) is 6.91. The summed E-state index contributed by atoms with van der Waals surface area (Å²) < 4.78 is 0. The van der Waals surface area contributed by atoms with E-state index in [0.717, 1.165) is 24.2 Å². The molecular weight excluding hydrogens is 280 g/mol. The van der Waals surface area contributed by atoms with E-state index in [2.05, 4.69) is 52.0 Å². The first kappa shape index (κ1) is 17.1. The average Bonchev–Trinajstić information content (AvgIpc) is 2.49. The molecule has 0 unspecified atom stereocenters. The number of rotatable bonds is 5. The molecule has 0 heterocycles. The van der Waals surface area contributed by atoms with E-state index < -0.39 is 0 Å². The first-order valence-electron chi connectivity index (χ1n) is 8.13. The molecule has 2 heteroatoms. The number of nitrogen functional groups attached to an aromatic ring is 2. The smallest absolute Gasteiger partial charge is 0.0314 e. The Morgan fingerprint density at radius 2 is 1.30 bits per heavy atom. The van der Waals surface area contributed by atoms with Crippen LogP contribution in [0.5, 0.6) is 0 Å². The van der Waals surface area contributed by atoms with E-state index in [-0.39, 0.29) is 5.41 Å². The third-order valence-corrected chi connectivity index (χ3v) is 4.45. The van der Waals surface area contributed by atoms with Gasteiger partial charge < -0.3 is 11.5 Å². The summed E-state index contributed by atoms with van der Waals surface area (Å²) in [5, 5.41) is 0. The summed E-state index contributed by atoms with van der Waals surface area (Å²) in [6.45, 7) is 8.99. The quantitative estimate of drug-likeness (QED) is 0.596. The fraction of sp³-hybridized carbons (Fsp3) is 0.333. The minimum absolute atomic E-state index is 0.0775. The largest absolute Gasteiger partial charge is 0.399 e. The normalized spacial score (nSPS) is 11.3. The highest BCUT2D eigenvalue weighted by molar-refractivity contribution is 5.43. The second-order valence-electron chi connectivity index (χ2n) is 7.20. The Bertz CT molecular complexity index is 673. The second-order valence-corrected chi connectivity index (χ2v) is 7.20. The van der Waals surface area contributed by atoms with Gasteiger partial charge in [-0.3, -0.25) is 0 Å². The zero-order valence-corrected chi connectivity index (χ0v) is 14.7. The summed E-state index contributed by atoms with van der Waals surface area (Å²) in [5.74, 6) is 0. The number of nitrogens with two attached hydrogens (primary N) is 2. The summed E-state index contributed by atoms with van der Waals surface area (Å²) in [6, 6.07) is 16.4. The number of hydrogen-bond donors (Lipinski definition) is 2. The number of hydrogen-bond acceptors (Lipinski definition) is 2. The average molecular weight is 308 g/mol. The van der Waals surface area contributed by atoms with E-state index in [1.54, 1.807) is 0 Å². The molecular formula is C21H28N2. The van der Waals surface area contributed by atoms with Crippen LogP contribution in [0.1, 0.15) is 45.2 Å². The Balaban J connectivity index is 2.20. The lowest BCUT2D eigenvalue weighted by Crippen LogP contribution is -2.19. The van der Waals surface area contributed by atoms with Crippen molar-refractivity contribution in [1.29, 1.82) is 0 Å². The molecule has 0 saturated heterocycles. The van der Waals surface area contributed by atoms with Crippen LogP contribution in [0.4, 0.5) is 11.4 Å². The monoisotopic (exact) mass is 308 g/mol. The predicted molar refractivity (Wildman–Crippen MR) is 101 cm³/mol. The summed E-state index contributed by atoms with van der Waals surface area (Å²) >= 11 is 0. The van der Waals surface area contributed by atoms with Gasteiger partial charge in [0.15, 0.2) is 0 Å². The van der Waals surface area contributed by atoms with Gasteiger partial charge in [0.25, 0.3) is 0 Å². The molecule has 23 heavy (non-hydrogen) atoms. The van der Waals surface area contributed by atoms with Crippen molar-refractivity contribution in [2.75, 3.05) is 11.5 Å². The van der Waals surface area contributed by atoms with E-state index >= 15 is 0 Å². The lowest BCUT2D eigenvalue weighted by Gasteiger charge is -2.28. The van der Waals surface area contributed by atoms with Crippen molar-refractivity contribution in [3.63, 3.8) is 0 Å². The van der Waals surface area contributed by atoms with E-state index in [1.165, 1.54) is 22.3 Å². The summed E-state index contributed by atoms with van der Waals surface area (Å²) in [4.78, 5) is 0. The van der Waals surface area contributed by atoms with Gasteiger partial charge in [-0.1, -0.05) is 49.3 Å². The fourth-order valence-electron chi connectivity index (χ4n) is 2.87. The van der Waals surface area contributed by atoms with Crippen LogP contribution in [-0.4, -0.2) is 0 Å². The van der Waals surface area contributed by atoms with Crippen LogP contribution >= 0.6 is 0 Å². The van der Waals surface area contributed by atoms with Gasteiger partial charge in [-0.2, -0.15) is 0 Å². The summed E-state index contributed by atoms with van der Waals surface area (Å²) in [6.07, 6.45) is 2.00. The maximum Gasteiger partial charge on any atom is 0.0314 e. The fourth-order valence-corrected chi connectivity index (χ4v) is 2.87. The van der Waals surface area contributed by atoms with E-state index in [9.17, 15) is 0 Å². The molecule has 0 fully saturated rings. The molecule has 2 aromatic rings. The van der Waals surface area contributed by atoms with Gasteiger partial charge in [0.1, 0.15) is 0 Å². The third-order valence-electron chi connectivity index (χ3n) is 4.45. The maximum atomic E-state index is 5.81. The Kier molecular flexibility index (Phi) is 5.15. The molecule has 0 saturated carbocycles. The van der Waals surface area contributed by atoms with Crippen LogP contribution in [0.3, 0.4) is 0 Å². The van der Waals surface area contributed by atoms with Gasteiger partial charge in [0, 0.05) is 11.4 Å². The number of allylic oxidation sites excluding steroid dienone is 2. The van der Waals surface area contributed by atoms with Gasteiger partial charge in [0.05, 0.1) is 0 Å². The Morgan fingerprint density at radius 3 is 1.78 bits per heavy atom. The van der Waals surface area contributed by atoms with Crippen molar-refractivity contribution < 1.29 is 0 Å². The lowest BCUT2D eigenvalue weighted by molar-refractivity contribution is 0.512. The molecule has 0 atom stereocenters. The Labute approximate surface area is 140 Å². The van der Waals surface area contributed by atoms with Crippen LogP contribution < -0.4 is 11.5 Å². The van der Waals surface area contributed by atoms with Crippen molar-refractivity contribution in [1.82, 2.24) is 0 Å². The van der Waals surface area contributed by atoms with Gasteiger partial charge in [-0.15, -0.1) is 0 Å². The van der Waals surface area contributed by atoms with Gasteiger partial charge in [-0.25, -0.2) is 0 Å². The standard InChI is InChI=1S/C21H28N2/c1-15(2)17(13-16-5-9-19(22)10-6-16)14-21(3,4)18-7-11-20(23)12-8-18/h5-12H,13-14,22-23H2,1-4H3. The van der Waals surface area contributed by atoms with Crippen molar-refractivity contribution in [2.45, 2.75) is 46.0 Å². The molecule has 2 aromatic carbocycles. The molecule has 0 bridgehead atoms. The van der Waals surface area contributed by atoms with Crippen LogP contribution in [0.2, 0.25) is 0 Å². The minimum Gasteiger partial charge on any atom is -0.399 e. The predicted octanol–water partition coefficient (Wildman–Crippen LogP) is 5.10. The van der Waals surface area contributed by atoms with Crippen LogP contribution in [-0.2, 0) is 11.8 Å². The van der Waals surface area contributed by atoms with Crippen LogP contribution in [0, 0.1) is 0 Å². The van der Waals surface area contributed by atoms with Gasteiger partial charge >= 0.3 is 0 Å². The third kappa shape index (κ3) is 4.62. The molecule has 0 radical (unpaired) electrons. The zero-order valence-electron chi connectivity index (χ0n) is 14.7. The minimum atomic E-state index is 0.0775. The molecule has 0 aliphatic heterocycles. The Morgan fingerprint density at radius 1 is 0.826 bits per heavy atom. The summed E-state index contributed by atoms with van der Waals surface area (Å²) in [5.41, 5.74) is 18.8. The van der Waals surface area contributed by atoms with E-state index in [4.69, 9.17) is 11.5 Å². The molecule has 0 amide bonds. The van der Waals surface area contributed by atoms with Crippen molar-refractivity contribution in [3.8, 4) is 0 Å². The van der Waals surface area contributed by atoms with E-state index in [0.29, 0.717) is 0 Å². The zero-order chi connectivity index (χ0) is 17.0. The maximum absolute atomic E-state index is 5.81. The number of benzene rings is 2. The van der Waals surface area contributed by atoms with E-state index in [1.807, 2.05) is 24.3 Å². The van der Waals surface area contributed by atoms with Crippen molar-refractivity contribution in [3.05, 3.63) is 70.8 Å². The molecule has 2 rings (SSSR count). The van der Waals surface area contributed by atoms with Gasteiger partial charge in [0.2, 0.25) is 0 Å². The van der Waals surface area contributed by atoms with Crippen LogP contribution in [0.15, 0.2) is 59.7 Å². The molecule has 2 nitrogen and oxygen atoms in total. The molecule has 0 aromatic heterocycles. The molecule has 4 N–H and O–H groups in total. The molecule has 0 aliphatic rings. The number of anilines is 2. The SMILES string of the molecule is CC(C)=C(Cc1ccc(N)cc1)CC(C)(C)c1ccc(N)cc1. The first-order chi connectivity index (χ1) is 10.8. The Hall–Kier alpha value is -2.22. The van der Waals surface area contributed by atoms with Crippen LogP contribution in [0.25, 0.3) is 0 Å². The highest BCUT2D eigenvalue weighted by Crippen LogP contribution is 2.33. The highest BCUT2D eigenvalue weighted by Gasteiger charge is 2.22. The van der Waals surface area contributed by atoms with Crippen molar-refractivity contribution in [2.24, 2.45) is 0 Å². The van der Waals surface area contributed by atoms with Crippen molar-refractivity contribution >= 4 is 11.4 Å². The molecule has 0 aliphatic carbocycles.